The van der Waals surface area contributed by atoms with Gasteiger partial charge < -0.3 is 9.47 Å². The van der Waals surface area contributed by atoms with Crippen LogP contribution in [0.4, 0.5) is 15.4 Å². The van der Waals surface area contributed by atoms with Gasteiger partial charge in [-0.3, -0.25) is 0 Å². The fraction of sp³-hybridized carbons (Fsp3) is 0.409. The van der Waals surface area contributed by atoms with Crippen molar-refractivity contribution in [2.75, 3.05) is 4.90 Å². The van der Waals surface area contributed by atoms with Gasteiger partial charge in [0.2, 0.25) is 0 Å². The van der Waals surface area contributed by atoms with Crippen LogP contribution in [0.15, 0.2) is 42.5 Å². The average molecular weight is 384 g/mol. The van der Waals surface area contributed by atoms with Crippen LogP contribution in [0.25, 0.3) is 11.3 Å². The highest BCUT2D eigenvalue weighted by atomic mass is 16.6. The SMILES string of the molecule is Cc1ccc(-c2ccccc2)nc1N(C(=O)OC(C)(C)C)C(=O)OC(C)(C)C. The van der Waals surface area contributed by atoms with Crippen molar-refractivity contribution in [1.82, 2.24) is 4.98 Å². The highest BCUT2D eigenvalue weighted by molar-refractivity contribution is 6.09. The Balaban J connectivity index is 2.53. The third-order valence-corrected chi connectivity index (χ3v) is 3.50. The predicted molar refractivity (Wildman–Crippen MR) is 109 cm³/mol. The third kappa shape index (κ3) is 5.81. The normalized spacial score (nSPS) is 11.7. The Bertz CT molecular complexity index is 821. The van der Waals surface area contributed by atoms with Crippen molar-refractivity contribution in [3.63, 3.8) is 0 Å². The summed E-state index contributed by atoms with van der Waals surface area (Å²) in [5.41, 5.74) is 0.608. The van der Waals surface area contributed by atoms with Gasteiger partial charge in [0.25, 0.3) is 0 Å². The minimum absolute atomic E-state index is 0.185. The van der Waals surface area contributed by atoms with E-state index in [0.717, 1.165) is 10.5 Å². The molecule has 0 unspecified atom stereocenters. The van der Waals surface area contributed by atoms with Gasteiger partial charge in [-0.25, -0.2) is 14.6 Å². The van der Waals surface area contributed by atoms with Crippen molar-refractivity contribution in [2.24, 2.45) is 0 Å². The highest BCUT2D eigenvalue weighted by Crippen LogP contribution is 2.27. The van der Waals surface area contributed by atoms with E-state index in [1.165, 1.54) is 0 Å². The zero-order valence-electron chi connectivity index (χ0n) is 17.6. The summed E-state index contributed by atoms with van der Waals surface area (Å²) in [7, 11) is 0. The second kappa shape index (κ2) is 8.00. The number of carbonyl (C=O) groups excluding carboxylic acids is 2. The van der Waals surface area contributed by atoms with E-state index >= 15 is 0 Å². The number of aryl methyl sites for hydroxylation is 1. The molecule has 0 radical (unpaired) electrons. The quantitative estimate of drug-likeness (QED) is 0.661. The van der Waals surface area contributed by atoms with Crippen LogP contribution >= 0.6 is 0 Å². The topological polar surface area (TPSA) is 68.7 Å². The van der Waals surface area contributed by atoms with E-state index in [4.69, 9.17) is 9.47 Å². The molecule has 0 spiro atoms. The first-order valence-corrected chi connectivity index (χ1v) is 9.16. The first-order chi connectivity index (χ1) is 12.9. The number of benzene rings is 1. The zero-order chi connectivity index (χ0) is 21.1. The van der Waals surface area contributed by atoms with Crippen molar-refractivity contribution in [1.29, 1.82) is 0 Å². The molecule has 0 atom stereocenters. The van der Waals surface area contributed by atoms with Gasteiger partial charge >= 0.3 is 12.2 Å². The van der Waals surface area contributed by atoms with Crippen LogP contribution in [-0.2, 0) is 9.47 Å². The van der Waals surface area contributed by atoms with Crippen LogP contribution in [0.1, 0.15) is 47.1 Å². The van der Waals surface area contributed by atoms with E-state index in [2.05, 4.69) is 4.98 Å². The van der Waals surface area contributed by atoms with Gasteiger partial charge in [-0.15, -0.1) is 0 Å². The number of carbonyl (C=O) groups is 2. The standard InChI is InChI=1S/C22H28N2O4/c1-15-13-14-17(16-11-9-8-10-12-16)23-18(15)24(19(25)27-21(2,3)4)20(26)28-22(5,6)7/h8-14H,1-7H3. The van der Waals surface area contributed by atoms with E-state index in [0.29, 0.717) is 11.3 Å². The monoisotopic (exact) mass is 384 g/mol. The smallest absolute Gasteiger partial charge is 0.425 e. The van der Waals surface area contributed by atoms with Crippen LogP contribution in [0.3, 0.4) is 0 Å². The first-order valence-electron chi connectivity index (χ1n) is 9.16. The van der Waals surface area contributed by atoms with Crippen molar-refractivity contribution in [3.05, 3.63) is 48.0 Å². The molecule has 1 heterocycles. The summed E-state index contributed by atoms with van der Waals surface area (Å²) in [5.74, 6) is 0.185. The lowest BCUT2D eigenvalue weighted by Crippen LogP contribution is -2.44. The van der Waals surface area contributed by atoms with Crippen molar-refractivity contribution < 1.29 is 19.1 Å². The lowest BCUT2D eigenvalue weighted by Gasteiger charge is -2.28. The molecule has 2 amide bonds. The summed E-state index contributed by atoms with van der Waals surface area (Å²) in [5, 5.41) is 0. The molecule has 0 aliphatic carbocycles. The maximum Gasteiger partial charge on any atom is 0.425 e. The van der Waals surface area contributed by atoms with Gasteiger partial charge in [-0.05, 0) is 60.1 Å². The maximum atomic E-state index is 12.8. The molecule has 0 aliphatic rings. The minimum Gasteiger partial charge on any atom is -0.443 e. The van der Waals surface area contributed by atoms with Gasteiger partial charge in [0.15, 0.2) is 5.82 Å². The fourth-order valence-electron chi connectivity index (χ4n) is 2.38. The molecule has 0 N–H and O–H groups in total. The third-order valence-electron chi connectivity index (χ3n) is 3.50. The van der Waals surface area contributed by atoms with Crippen molar-refractivity contribution in [3.8, 4) is 11.3 Å². The molecule has 0 saturated carbocycles. The van der Waals surface area contributed by atoms with Crippen LogP contribution in [0.2, 0.25) is 0 Å². The molecule has 0 fully saturated rings. The summed E-state index contributed by atoms with van der Waals surface area (Å²) >= 11 is 0. The summed E-state index contributed by atoms with van der Waals surface area (Å²) in [6.07, 6.45) is -1.66. The van der Waals surface area contributed by atoms with Crippen LogP contribution in [0, 0.1) is 6.92 Å². The second-order valence-corrected chi connectivity index (χ2v) is 8.50. The molecule has 1 aromatic carbocycles. The molecule has 0 aliphatic heterocycles. The maximum absolute atomic E-state index is 12.8. The van der Waals surface area contributed by atoms with E-state index in [9.17, 15) is 9.59 Å². The predicted octanol–water partition coefficient (Wildman–Crippen LogP) is 5.73. The van der Waals surface area contributed by atoms with E-state index < -0.39 is 23.4 Å². The van der Waals surface area contributed by atoms with Crippen LogP contribution in [-0.4, -0.2) is 28.4 Å². The van der Waals surface area contributed by atoms with Crippen LogP contribution < -0.4 is 4.90 Å². The molecule has 0 bridgehead atoms. The Kier molecular flexibility index (Phi) is 6.12. The number of nitrogens with zero attached hydrogens (tertiary/aromatic N) is 2. The first kappa shape index (κ1) is 21.4. The van der Waals surface area contributed by atoms with Crippen molar-refractivity contribution in [2.45, 2.75) is 59.7 Å². The molecule has 28 heavy (non-hydrogen) atoms. The Labute approximate surface area is 166 Å². The van der Waals surface area contributed by atoms with Gasteiger partial charge in [0, 0.05) is 5.56 Å². The number of hydrogen-bond donors (Lipinski definition) is 0. The Morgan fingerprint density at radius 1 is 0.821 bits per heavy atom. The molecule has 150 valence electrons. The molecule has 2 rings (SSSR count). The van der Waals surface area contributed by atoms with Crippen molar-refractivity contribution >= 4 is 18.0 Å². The number of rotatable bonds is 2. The molecule has 1 aromatic heterocycles. The second-order valence-electron chi connectivity index (χ2n) is 8.50. The number of imide groups is 1. The number of anilines is 1. The lowest BCUT2D eigenvalue weighted by molar-refractivity contribution is 0.0428. The lowest BCUT2D eigenvalue weighted by atomic mass is 10.1. The Morgan fingerprint density at radius 3 is 1.79 bits per heavy atom. The molecular formula is C22H28N2O4. The van der Waals surface area contributed by atoms with Gasteiger partial charge in [0.1, 0.15) is 11.2 Å². The summed E-state index contributed by atoms with van der Waals surface area (Å²) in [6.45, 7) is 12.2. The highest BCUT2D eigenvalue weighted by Gasteiger charge is 2.34. The molecular weight excluding hydrogens is 356 g/mol. The average Bonchev–Trinajstić information content (AvgIpc) is 2.54. The number of pyridine rings is 1. The number of amides is 2. The fourth-order valence-corrected chi connectivity index (χ4v) is 2.38. The Hall–Kier alpha value is -2.89. The summed E-state index contributed by atoms with van der Waals surface area (Å²) < 4.78 is 10.9. The summed E-state index contributed by atoms with van der Waals surface area (Å²) in [6, 6.07) is 13.2. The number of ether oxygens (including phenoxy) is 2. The van der Waals surface area contributed by atoms with E-state index in [1.807, 2.05) is 42.5 Å². The Morgan fingerprint density at radius 2 is 1.32 bits per heavy atom. The van der Waals surface area contributed by atoms with Gasteiger partial charge in [0.05, 0.1) is 5.69 Å². The van der Waals surface area contributed by atoms with Gasteiger partial charge in [-0.1, -0.05) is 36.4 Å². The largest absolute Gasteiger partial charge is 0.443 e. The minimum atomic E-state index is -0.831. The number of hydrogen-bond acceptors (Lipinski definition) is 5. The van der Waals surface area contributed by atoms with E-state index in [-0.39, 0.29) is 5.82 Å². The zero-order valence-corrected chi connectivity index (χ0v) is 17.6. The number of aromatic nitrogens is 1. The summed E-state index contributed by atoms with van der Waals surface area (Å²) in [4.78, 5) is 31.1. The van der Waals surface area contributed by atoms with Crippen LogP contribution in [0.5, 0.6) is 0 Å². The van der Waals surface area contributed by atoms with Gasteiger partial charge in [-0.2, -0.15) is 4.90 Å². The molecule has 0 saturated heterocycles. The molecule has 6 nitrogen and oxygen atoms in total. The molecule has 6 heteroatoms. The molecule has 2 aromatic rings. The van der Waals surface area contributed by atoms with E-state index in [1.54, 1.807) is 48.5 Å².